The van der Waals surface area contributed by atoms with E-state index in [0.29, 0.717) is 10.9 Å². The minimum Gasteiger partial charge on any atom is -0.497 e. The number of anilines is 1. The zero-order chi connectivity index (χ0) is 21.2. The number of aryl methyl sites for hydroxylation is 1. The lowest BCUT2D eigenvalue weighted by Gasteiger charge is -2.21. The lowest BCUT2D eigenvalue weighted by atomic mass is 10.1. The van der Waals surface area contributed by atoms with Crippen molar-refractivity contribution in [3.8, 4) is 5.75 Å². The van der Waals surface area contributed by atoms with Crippen molar-refractivity contribution in [2.75, 3.05) is 12.4 Å². The predicted molar refractivity (Wildman–Crippen MR) is 115 cm³/mol. The van der Waals surface area contributed by atoms with Crippen molar-refractivity contribution < 1.29 is 17.9 Å². The van der Waals surface area contributed by atoms with Crippen molar-refractivity contribution in [3.63, 3.8) is 0 Å². The summed E-state index contributed by atoms with van der Waals surface area (Å²) < 4.78 is 34.0. The number of amides is 1. The van der Waals surface area contributed by atoms with Crippen molar-refractivity contribution in [2.45, 2.75) is 31.7 Å². The SMILES string of the molecule is COc1ccc2nc(NC(=O)[C@@H](NS(=O)(=O)c3ccc(C)cc3)C(C)C)sc2c1. The Morgan fingerprint density at radius 3 is 2.45 bits per heavy atom. The van der Waals surface area contributed by atoms with Crippen LogP contribution >= 0.6 is 11.3 Å². The molecule has 0 spiro atoms. The van der Waals surface area contributed by atoms with Gasteiger partial charge in [0.05, 0.1) is 22.2 Å². The molecular weight excluding hydrogens is 410 g/mol. The quantitative estimate of drug-likeness (QED) is 0.594. The zero-order valence-electron chi connectivity index (χ0n) is 16.6. The molecule has 0 bridgehead atoms. The van der Waals surface area contributed by atoms with Crippen molar-refractivity contribution in [3.05, 3.63) is 48.0 Å². The Balaban J connectivity index is 1.80. The van der Waals surface area contributed by atoms with Gasteiger partial charge in [0.15, 0.2) is 5.13 Å². The van der Waals surface area contributed by atoms with Gasteiger partial charge in [-0.1, -0.05) is 42.9 Å². The van der Waals surface area contributed by atoms with E-state index in [1.165, 1.54) is 23.5 Å². The average molecular weight is 434 g/mol. The van der Waals surface area contributed by atoms with Crippen LogP contribution in [0.3, 0.4) is 0 Å². The number of ether oxygens (including phenoxy) is 1. The van der Waals surface area contributed by atoms with Crippen LogP contribution in [0, 0.1) is 12.8 Å². The van der Waals surface area contributed by atoms with Gasteiger partial charge in [0.2, 0.25) is 15.9 Å². The first kappa shape index (κ1) is 21.2. The Bertz CT molecular complexity index is 1120. The molecule has 0 saturated carbocycles. The summed E-state index contributed by atoms with van der Waals surface area (Å²) in [4.78, 5) is 17.3. The van der Waals surface area contributed by atoms with Gasteiger partial charge in [0.25, 0.3) is 0 Å². The summed E-state index contributed by atoms with van der Waals surface area (Å²) in [6, 6.07) is 11.0. The Kier molecular flexibility index (Phi) is 6.21. The van der Waals surface area contributed by atoms with Gasteiger partial charge in [0, 0.05) is 0 Å². The number of carbonyl (C=O) groups is 1. The second-order valence-corrected chi connectivity index (χ2v) is 9.74. The molecule has 2 aromatic carbocycles. The van der Waals surface area contributed by atoms with Crippen LogP contribution in [0.4, 0.5) is 5.13 Å². The van der Waals surface area contributed by atoms with Crippen molar-refractivity contribution in [2.24, 2.45) is 5.92 Å². The van der Waals surface area contributed by atoms with Crippen LogP contribution in [-0.2, 0) is 14.8 Å². The van der Waals surface area contributed by atoms with Crippen molar-refractivity contribution >= 4 is 42.6 Å². The summed E-state index contributed by atoms with van der Waals surface area (Å²) in [7, 11) is -2.25. The molecule has 3 aromatic rings. The molecule has 2 N–H and O–H groups in total. The van der Waals surface area contributed by atoms with Crippen LogP contribution in [0.25, 0.3) is 10.2 Å². The van der Waals surface area contributed by atoms with Gasteiger partial charge in [0.1, 0.15) is 11.8 Å². The number of methoxy groups -OCH3 is 1. The molecule has 0 unspecified atom stereocenters. The van der Waals surface area contributed by atoms with E-state index >= 15 is 0 Å². The van der Waals surface area contributed by atoms with Crippen LogP contribution in [0.15, 0.2) is 47.4 Å². The molecule has 1 amide bonds. The minimum absolute atomic E-state index is 0.119. The molecule has 1 heterocycles. The molecule has 7 nitrogen and oxygen atoms in total. The van der Waals surface area contributed by atoms with E-state index in [4.69, 9.17) is 4.74 Å². The molecule has 29 heavy (non-hydrogen) atoms. The predicted octanol–water partition coefficient (Wildman–Crippen LogP) is 3.55. The second-order valence-electron chi connectivity index (χ2n) is 7.00. The molecule has 0 saturated heterocycles. The fraction of sp³-hybridized carbons (Fsp3) is 0.300. The largest absolute Gasteiger partial charge is 0.497 e. The maximum atomic E-state index is 12.8. The standard InChI is InChI=1S/C20H23N3O4S2/c1-12(2)18(23-29(25,26)15-8-5-13(3)6-9-15)19(24)22-20-21-16-10-7-14(27-4)11-17(16)28-20/h5-12,18,23H,1-4H3,(H,21,22,24)/t18-/m0/s1. The van der Waals surface area contributed by atoms with Crippen LogP contribution < -0.4 is 14.8 Å². The molecule has 3 rings (SSSR count). The van der Waals surface area contributed by atoms with E-state index in [1.807, 2.05) is 13.0 Å². The zero-order valence-corrected chi connectivity index (χ0v) is 18.2. The summed E-state index contributed by atoms with van der Waals surface area (Å²) in [6.45, 7) is 5.44. The molecular formula is C20H23N3O4S2. The van der Waals surface area contributed by atoms with E-state index in [2.05, 4.69) is 15.0 Å². The third-order valence-electron chi connectivity index (χ3n) is 4.39. The van der Waals surface area contributed by atoms with E-state index in [0.717, 1.165) is 15.8 Å². The highest BCUT2D eigenvalue weighted by Crippen LogP contribution is 2.29. The number of fused-ring (bicyclic) bond motifs is 1. The topological polar surface area (TPSA) is 97.4 Å². The first-order chi connectivity index (χ1) is 13.7. The maximum absolute atomic E-state index is 12.8. The number of aromatic nitrogens is 1. The first-order valence-corrected chi connectivity index (χ1v) is 11.3. The normalized spacial score (nSPS) is 12.9. The maximum Gasteiger partial charge on any atom is 0.244 e. The Labute approximate surface area is 174 Å². The summed E-state index contributed by atoms with van der Waals surface area (Å²) in [5.74, 6) is -0.0173. The number of thiazole rings is 1. The second kappa shape index (κ2) is 8.48. The van der Waals surface area contributed by atoms with Crippen LogP contribution in [0.2, 0.25) is 0 Å². The Morgan fingerprint density at radius 2 is 1.83 bits per heavy atom. The molecule has 1 aromatic heterocycles. The summed E-state index contributed by atoms with van der Waals surface area (Å²) >= 11 is 1.30. The Morgan fingerprint density at radius 1 is 1.14 bits per heavy atom. The third kappa shape index (κ3) is 4.92. The summed E-state index contributed by atoms with van der Waals surface area (Å²) in [5, 5.41) is 3.14. The van der Waals surface area contributed by atoms with Crippen molar-refractivity contribution in [1.82, 2.24) is 9.71 Å². The molecule has 9 heteroatoms. The van der Waals surface area contributed by atoms with Gasteiger partial charge in [-0.25, -0.2) is 13.4 Å². The van der Waals surface area contributed by atoms with Crippen LogP contribution in [0.5, 0.6) is 5.75 Å². The lowest BCUT2D eigenvalue weighted by Crippen LogP contribution is -2.47. The number of nitrogens with one attached hydrogen (secondary N) is 2. The van der Waals surface area contributed by atoms with E-state index < -0.39 is 22.0 Å². The number of rotatable bonds is 7. The van der Waals surface area contributed by atoms with Gasteiger partial charge < -0.3 is 10.1 Å². The van der Waals surface area contributed by atoms with Gasteiger partial charge in [-0.3, -0.25) is 4.79 Å². The lowest BCUT2D eigenvalue weighted by molar-refractivity contribution is -0.118. The highest BCUT2D eigenvalue weighted by Gasteiger charge is 2.29. The van der Waals surface area contributed by atoms with E-state index in [1.54, 1.807) is 45.2 Å². The highest BCUT2D eigenvalue weighted by molar-refractivity contribution is 7.89. The molecule has 1 atom stereocenters. The number of benzene rings is 2. The number of hydrogen-bond acceptors (Lipinski definition) is 6. The average Bonchev–Trinajstić information content (AvgIpc) is 3.07. The van der Waals surface area contributed by atoms with Gasteiger partial charge in [-0.05, 0) is 43.2 Å². The number of sulfonamides is 1. The Hall–Kier alpha value is -2.49. The van der Waals surface area contributed by atoms with E-state index in [9.17, 15) is 13.2 Å². The number of nitrogens with zero attached hydrogens (tertiary/aromatic N) is 1. The number of hydrogen-bond donors (Lipinski definition) is 2. The third-order valence-corrected chi connectivity index (χ3v) is 6.78. The molecule has 0 fully saturated rings. The summed E-state index contributed by atoms with van der Waals surface area (Å²) in [6.07, 6.45) is 0. The number of carbonyl (C=O) groups excluding carboxylic acids is 1. The van der Waals surface area contributed by atoms with E-state index in [-0.39, 0.29) is 10.8 Å². The molecule has 0 aliphatic carbocycles. The smallest absolute Gasteiger partial charge is 0.244 e. The fourth-order valence-corrected chi connectivity index (χ4v) is 4.95. The highest BCUT2D eigenvalue weighted by atomic mass is 32.2. The molecule has 0 aliphatic rings. The van der Waals surface area contributed by atoms with Crippen LogP contribution in [-0.4, -0.2) is 32.5 Å². The first-order valence-electron chi connectivity index (χ1n) is 9.04. The van der Waals surface area contributed by atoms with Gasteiger partial charge in [-0.15, -0.1) is 0 Å². The van der Waals surface area contributed by atoms with Crippen LogP contribution in [0.1, 0.15) is 19.4 Å². The fourth-order valence-electron chi connectivity index (χ4n) is 2.71. The minimum atomic E-state index is -3.84. The monoisotopic (exact) mass is 433 g/mol. The molecule has 0 radical (unpaired) electrons. The molecule has 0 aliphatic heterocycles. The molecule has 154 valence electrons. The summed E-state index contributed by atoms with van der Waals surface area (Å²) in [5.41, 5.74) is 1.68. The van der Waals surface area contributed by atoms with Crippen molar-refractivity contribution in [1.29, 1.82) is 0 Å². The van der Waals surface area contributed by atoms with Gasteiger partial charge >= 0.3 is 0 Å². The van der Waals surface area contributed by atoms with Gasteiger partial charge in [-0.2, -0.15) is 4.72 Å².